The van der Waals surface area contributed by atoms with E-state index in [1.807, 2.05) is 18.2 Å². The van der Waals surface area contributed by atoms with Crippen LogP contribution < -0.4 is 5.32 Å². The number of quaternary nitrogens is 1. The number of nitrogens with two attached hydrogens (primary N) is 1. The molecule has 72 valence electrons. The van der Waals surface area contributed by atoms with Gasteiger partial charge in [-0.05, 0) is 0 Å². The van der Waals surface area contributed by atoms with Gasteiger partial charge in [0.25, 0.3) is 5.54 Å². The highest BCUT2D eigenvalue weighted by Gasteiger charge is 2.41. The second-order valence-electron chi connectivity index (χ2n) is 3.88. The van der Waals surface area contributed by atoms with Crippen molar-refractivity contribution in [3.05, 3.63) is 47.3 Å². The first-order chi connectivity index (χ1) is 6.87. The summed E-state index contributed by atoms with van der Waals surface area (Å²) in [6.45, 7) is 9.55. The Kier molecular flexibility index (Phi) is 2.51. The van der Waals surface area contributed by atoms with Crippen LogP contribution in [0.1, 0.15) is 18.4 Å². The number of hydrogen-bond acceptors (Lipinski definition) is 0. The lowest BCUT2D eigenvalue weighted by atomic mass is 9.82. The Morgan fingerprint density at radius 3 is 2.36 bits per heavy atom. The minimum absolute atomic E-state index is 0.226. The molecule has 2 nitrogen and oxygen atoms in total. The average Bonchev–Trinajstić information content (AvgIpc) is 2.31. The number of rotatable bonds is 1. The summed E-state index contributed by atoms with van der Waals surface area (Å²) in [7, 11) is 0. The van der Waals surface area contributed by atoms with Crippen molar-refractivity contribution in [3.63, 3.8) is 0 Å². The molecule has 0 bridgehead atoms. The summed E-state index contributed by atoms with van der Waals surface area (Å²) in [6.07, 6.45) is 1.97. The fraction of sp³-hybridized carbons (Fsp3) is 0.417. The van der Waals surface area contributed by atoms with E-state index in [9.17, 15) is 0 Å². The third-order valence-corrected chi connectivity index (χ3v) is 3.05. The molecule has 0 amide bonds. The summed E-state index contributed by atoms with van der Waals surface area (Å²) in [5, 5.41) is 2.30. The molecule has 2 N–H and O–H groups in total. The maximum atomic E-state index is 7.39. The van der Waals surface area contributed by atoms with Crippen LogP contribution in [-0.2, 0) is 5.54 Å². The second kappa shape index (κ2) is 3.81. The molecule has 0 radical (unpaired) electrons. The average molecular weight is 187 g/mol. The van der Waals surface area contributed by atoms with E-state index in [-0.39, 0.29) is 5.54 Å². The maximum absolute atomic E-state index is 7.39. The van der Waals surface area contributed by atoms with E-state index < -0.39 is 0 Å². The zero-order chi connectivity index (χ0) is 9.86. The van der Waals surface area contributed by atoms with Gasteiger partial charge >= 0.3 is 0 Å². The predicted octanol–water partition coefficient (Wildman–Crippen LogP) is 1.16. The highest BCUT2D eigenvalue weighted by molar-refractivity contribution is 5.28. The minimum atomic E-state index is -0.226. The standard InChI is InChI=1S/C12H14N2/c1-13-12(7-9-14-10-8-12)11-5-3-2-4-6-11/h2-6,14H,7-10H2/p+1. The van der Waals surface area contributed by atoms with Crippen LogP contribution in [0.2, 0.25) is 0 Å². The van der Waals surface area contributed by atoms with E-state index in [4.69, 9.17) is 6.57 Å². The fourth-order valence-corrected chi connectivity index (χ4v) is 2.16. The molecular weight excluding hydrogens is 172 g/mol. The van der Waals surface area contributed by atoms with Crippen LogP contribution >= 0.6 is 0 Å². The van der Waals surface area contributed by atoms with E-state index in [1.165, 1.54) is 5.56 Å². The molecule has 0 spiro atoms. The van der Waals surface area contributed by atoms with Crippen molar-refractivity contribution in [2.24, 2.45) is 0 Å². The van der Waals surface area contributed by atoms with Crippen molar-refractivity contribution < 1.29 is 5.32 Å². The van der Waals surface area contributed by atoms with Gasteiger partial charge in [0.1, 0.15) is 0 Å². The van der Waals surface area contributed by atoms with Gasteiger partial charge in [-0.15, -0.1) is 0 Å². The smallest absolute Gasteiger partial charge is 0.268 e. The molecule has 0 aliphatic carbocycles. The van der Waals surface area contributed by atoms with Crippen molar-refractivity contribution in [1.82, 2.24) is 0 Å². The van der Waals surface area contributed by atoms with E-state index in [1.54, 1.807) is 0 Å². The molecule has 0 aromatic heterocycles. The van der Waals surface area contributed by atoms with E-state index in [0.717, 1.165) is 25.9 Å². The Hall–Kier alpha value is -1.33. The quantitative estimate of drug-likeness (QED) is 0.637. The molecule has 1 saturated heterocycles. The van der Waals surface area contributed by atoms with E-state index >= 15 is 0 Å². The van der Waals surface area contributed by atoms with E-state index in [0.29, 0.717) is 0 Å². The monoisotopic (exact) mass is 187 g/mol. The van der Waals surface area contributed by atoms with Gasteiger partial charge in [0.2, 0.25) is 0 Å². The topological polar surface area (TPSA) is 21.0 Å². The zero-order valence-corrected chi connectivity index (χ0v) is 8.24. The first-order valence-corrected chi connectivity index (χ1v) is 5.13. The first kappa shape index (κ1) is 9.23. The van der Waals surface area contributed by atoms with Crippen molar-refractivity contribution in [2.45, 2.75) is 18.4 Å². The van der Waals surface area contributed by atoms with Gasteiger partial charge in [-0.2, -0.15) is 0 Å². The molecule has 1 fully saturated rings. The SMILES string of the molecule is [C-]#[N+]C1(c2ccccc2)CC[NH2+]CC1. The Morgan fingerprint density at radius 1 is 1.14 bits per heavy atom. The van der Waals surface area contributed by atoms with Gasteiger partial charge in [-0.1, -0.05) is 30.3 Å². The summed E-state index contributed by atoms with van der Waals surface area (Å²) in [5.74, 6) is 0. The molecule has 1 aromatic rings. The summed E-state index contributed by atoms with van der Waals surface area (Å²) >= 11 is 0. The molecular formula is C12H15N2+. The van der Waals surface area contributed by atoms with Gasteiger partial charge < -0.3 is 10.2 Å². The number of benzene rings is 1. The first-order valence-electron chi connectivity index (χ1n) is 5.13. The van der Waals surface area contributed by atoms with Crippen LogP contribution in [0.25, 0.3) is 4.85 Å². The maximum Gasteiger partial charge on any atom is 0.268 e. The fourth-order valence-electron chi connectivity index (χ4n) is 2.16. The van der Waals surface area contributed by atoms with Crippen molar-refractivity contribution in [2.75, 3.05) is 13.1 Å². The third kappa shape index (κ3) is 1.51. The second-order valence-corrected chi connectivity index (χ2v) is 3.88. The van der Waals surface area contributed by atoms with Crippen LogP contribution in [0.5, 0.6) is 0 Å². The molecule has 2 rings (SSSR count). The van der Waals surface area contributed by atoms with Crippen molar-refractivity contribution in [1.29, 1.82) is 0 Å². The summed E-state index contributed by atoms with van der Waals surface area (Å²) in [6, 6.07) is 10.2. The summed E-state index contributed by atoms with van der Waals surface area (Å²) < 4.78 is 0. The molecule has 0 saturated carbocycles. The molecule has 0 atom stereocenters. The molecule has 14 heavy (non-hydrogen) atoms. The largest absolute Gasteiger partial charge is 0.346 e. The summed E-state index contributed by atoms with van der Waals surface area (Å²) in [5.41, 5.74) is 0.971. The Balaban J connectivity index is 2.33. The van der Waals surface area contributed by atoms with E-state index in [2.05, 4.69) is 22.3 Å². The van der Waals surface area contributed by atoms with Crippen LogP contribution in [0.3, 0.4) is 0 Å². The van der Waals surface area contributed by atoms with Gasteiger partial charge in [-0.3, -0.25) is 0 Å². The molecule has 1 heterocycles. The molecule has 1 aliphatic rings. The molecule has 1 aliphatic heterocycles. The van der Waals surface area contributed by atoms with Gasteiger partial charge in [-0.25, -0.2) is 6.57 Å². The highest BCUT2D eigenvalue weighted by Crippen LogP contribution is 2.33. The lowest BCUT2D eigenvalue weighted by Crippen LogP contribution is -2.87. The molecule has 1 aromatic carbocycles. The predicted molar refractivity (Wildman–Crippen MR) is 55.6 cm³/mol. The minimum Gasteiger partial charge on any atom is -0.346 e. The lowest BCUT2D eigenvalue weighted by molar-refractivity contribution is -0.665. The van der Waals surface area contributed by atoms with Crippen LogP contribution in [0.15, 0.2) is 30.3 Å². The van der Waals surface area contributed by atoms with Crippen LogP contribution in [-0.4, -0.2) is 13.1 Å². The van der Waals surface area contributed by atoms with Crippen molar-refractivity contribution in [3.8, 4) is 0 Å². The zero-order valence-electron chi connectivity index (χ0n) is 8.24. The Bertz CT molecular complexity index is 331. The van der Waals surface area contributed by atoms with Gasteiger partial charge in [0.15, 0.2) is 0 Å². The lowest BCUT2D eigenvalue weighted by Gasteiger charge is -2.24. The molecule has 2 heteroatoms. The number of nitrogens with zero attached hydrogens (tertiary/aromatic N) is 1. The third-order valence-electron chi connectivity index (χ3n) is 3.05. The van der Waals surface area contributed by atoms with Gasteiger partial charge in [0.05, 0.1) is 25.9 Å². The normalized spacial score (nSPS) is 19.9. The van der Waals surface area contributed by atoms with Crippen LogP contribution in [0, 0.1) is 6.57 Å². The Labute approximate surface area is 84.8 Å². The molecule has 0 unspecified atom stereocenters. The van der Waals surface area contributed by atoms with Crippen molar-refractivity contribution >= 4 is 0 Å². The highest BCUT2D eigenvalue weighted by atomic mass is 14.9. The number of piperidine rings is 1. The number of hydrogen-bond donors (Lipinski definition) is 1. The van der Waals surface area contributed by atoms with Crippen LogP contribution in [0.4, 0.5) is 0 Å². The van der Waals surface area contributed by atoms with Gasteiger partial charge in [0, 0.05) is 5.56 Å². The Morgan fingerprint density at radius 2 is 1.79 bits per heavy atom. The summed E-state index contributed by atoms with van der Waals surface area (Å²) in [4.78, 5) is 3.88.